The van der Waals surface area contributed by atoms with Gasteiger partial charge in [0, 0.05) is 17.0 Å². The van der Waals surface area contributed by atoms with Gasteiger partial charge in [0.2, 0.25) is 15.9 Å². The SMILES string of the molecule is CC(=O)O.CC(C)C(CN(c1ccccc1)S(=O)(=O)C1CC1)N1C(=O)COC[C@H]1c1ccc(Cl)cc1.Clc1ccccc1. The van der Waals surface area contributed by atoms with Gasteiger partial charge in [-0.15, -0.1) is 0 Å². The van der Waals surface area contributed by atoms with Crippen LogP contribution in [0.2, 0.25) is 10.0 Å². The maximum atomic E-state index is 13.4. The summed E-state index contributed by atoms with van der Waals surface area (Å²) in [5, 5.41) is 8.49. The van der Waals surface area contributed by atoms with Crippen molar-refractivity contribution >= 4 is 50.8 Å². The summed E-state index contributed by atoms with van der Waals surface area (Å²) in [6.45, 7) is 5.69. The average molecular weight is 650 g/mol. The molecule has 2 aliphatic rings. The van der Waals surface area contributed by atoms with E-state index in [1.807, 2.05) is 91.5 Å². The topological polar surface area (TPSA) is 104 Å². The van der Waals surface area contributed by atoms with Crippen LogP contribution in [0.4, 0.5) is 5.69 Å². The van der Waals surface area contributed by atoms with E-state index in [1.54, 1.807) is 12.1 Å². The number of benzene rings is 3. The van der Waals surface area contributed by atoms with E-state index >= 15 is 0 Å². The van der Waals surface area contributed by atoms with Gasteiger partial charge in [-0.25, -0.2) is 8.42 Å². The third-order valence-electron chi connectivity index (χ3n) is 6.89. The van der Waals surface area contributed by atoms with Crippen LogP contribution >= 0.6 is 23.2 Å². The van der Waals surface area contributed by atoms with Crippen molar-refractivity contribution in [2.24, 2.45) is 5.92 Å². The Hall–Kier alpha value is -3.11. The Morgan fingerprint density at radius 1 is 0.953 bits per heavy atom. The number of carboxylic acid groups (broad SMARTS) is 1. The predicted molar refractivity (Wildman–Crippen MR) is 171 cm³/mol. The molecule has 2 atom stereocenters. The van der Waals surface area contributed by atoms with Crippen molar-refractivity contribution in [2.45, 2.75) is 50.9 Å². The summed E-state index contributed by atoms with van der Waals surface area (Å²) in [5.74, 6) is -0.931. The van der Waals surface area contributed by atoms with Crippen LogP contribution in [0.3, 0.4) is 0 Å². The number of sulfonamides is 1. The predicted octanol–water partition coefficient (Wildman–Crippen LogP) is 6.69. The van der Waals surface area contributed by atoms with Crippen molar-refractivity contribution in [1.82, 2.24) is 4.90 Å². The van der Waals surface area contributed by atoms with E-state index in [0.717, 1.165) is 17.5 Å². The number of anilines is 1. The minimum atomic E-state index is -3.51. The van der Waals surface area contributed by atoms with Crippen molar-refractivity contribution in [3.63, 3.8) is 0 Å². The summed E-state index contributed by atoms with van der Waals surface area (Å²) in [5.41, 5.74) is 1.55. The van der Waals surface area contributed by atoms with Crippen molar-refractivity contribution in [3.05, 3.63) is 101 Å². The van der Waals surface area contributed by atoms with Gasteiger partial charge in [-0.1, -0.05) is 85.6 Å². The smallest absolute Gasteiger partial charge is 0.300 e. The first kappa shape index (κ1) is 34.4. The molecule has 1 unspecified atom stereocenters. The van der Waals surface area contributed by atoms with E-state index in [2.05, 4.69) is 0 Å². The van der Waals surface area contributed by atoms with Crippen LogP contribution in [0.5, 0.6) is 0 Å². The molecule has 5 rings (SSSR count). The fourth-order valence-corrected chi connectivity index (χ4v) is 6.78. The van der Waals surface area contributed by atoms with Crippen LogP contribution in [0, 0.1) is 5.92 Å². The van der Waals surface area contributed by atoms with Gasteiger partial charge in [-0.05, 0) is 60.7 Å². The van der Waals surface area contributed by atoms with Gasteiger partial charge in [0.15, 0.2) is 0 Å². The number of ether oxygens (including phenoxy) is 1. The molecule has 8 nitrogen and oxygen atoms in total. The molecular weight excluding hydrogens is 611 g/mol. The fourth-order valence-electron chi connectivity index (χ4n) is 4.65. The lowest BCUT2D eigenvalue weighted by Gasteiger charge is -2.44. The quantitative estimate of drug-likeness (QED) is 0.292. The monoisotopic (exact) mass is 648 g/mol. The fraction of sp³-hybridized carbons (Fsp3) is 0.375. The first-order valence-corrected chi connectivity index (χ1v) is 16.3. The number of carboxylic acids is 1. The van der Waals surface area contributed by atoms with Crippen LogP contribution in [0.1, 0.15) is 45.2 Å². The summed E-state index contributed by atoms with van der Waals surface area (Å²) in [6.07, 6.45) is 1.36. The highest BCUT2D eigenvalue weighted by Crippen LogP contribution is 2.36. The van der Waals surface area contributed by atoms with Crippen LogP contribution in [-0.2, 0) is 24.3 Å². The molecule has 43 heavy (non-hydrogen) atoms. The molecule has 0 bridgehead atoms. The second-order valence-electron chi connectivity index (χ2n) is 10.6. The number of morpholine rings is 1. The second-order valence-corrected chi connectivity index (χ2v) is 13.6. The molecule has 1 saturated carbocycles. The minimum absolute atomic E-state index is 0.00593. The normalized spacial score (nSPS) is 17.2. The number of amides is 1. The van der Waals surface area contributed by atoms with Crippen LogP contribution < -0.4 is 4.31 Å². The molecule has 1 N–H and O–H groups in total. The number of hydrogen-bond acceptors (Lipinski definition) is 5. The van der Waals surface area contributed by atoms with E-state index in [-0.39, 0.29) is 42.3 Å². The van der Waals surface area contributed by atoms with Gasteiger partial charge in [0.05, 0.1) is 36.2 Å². The van der Waals surface area contributed by atoms with Gasteiger partial charge < -0.3 is 14.7 Å². The number of para-hydroxylation sites is 1. The number of carbonyl (C=O) groups excluding carboxylic acids is 1. The number of halogens is 2. The van der Waals surface area contributed by atoms with E-state index in [4.69, 9.17) is 37.8 Å². The van der Waals surface area contributed by atoms with Crippen molar-refractivity contribution < 1.29 is 27.9 Å². The number of carbonyl (C=O) groups is 2. The molecule has 1 heterocycles. The van der Waals surface area contributed by atoms with Gasteiger partial charge in [-0.3, -0.25) is 13.9 Å². The number of nitrogens with zero attached hydrogens (tertiary/aromatic N) is 2. The highest BCUT2D eigenvalue weighted by molar-refractivity contribution is 7.93. The first-order chi connectivity index (χ1) is 20.4. The molecule has 0 radical (unpaired) electrons. The molecule has 1 aliphatic carbocycles. The lowest BCUT2D eigenvalue weighted by molar-refractivity contribution is -0.153. The third kappa shape index (κ3) is 10.2. The molecule has 0 spiro atoms. The Bertz CT molecular complexity index is 1420. The molecule has 11 heteroatoms. The largest absolute Gasteiger partial charge is 0.481 e. The molecule has 1 amide bonds. The zero-order valence-electron chi connectivity index (χ0n) is 24.5. The molecule has 1 saturated heterocycles. The summed E-state index contributed by atoms with van der Waals surface area (Å²) in [7, 11) is -3.51. The van der Waals surface area contributed by atoms with Crippen LogP contribution in [0.15, 0.2) is 84.9 Å². The lowest BCUT2D eigenvalue weighted by Crippen LogP contribution is -2.56. The standard InChI is InChI=1S/C24H29ClN2O4S.C6H5Cl.C2H4O2/c1-17(2)22(14-26(20-6-4-3-5-7-20)32(29,30)21-12-13-21)27-23(15-31-16-24(27)28)18-8-10-19(25)11-9-18;7-6-4-2-1-3-5-6;1-2(3)4/h3-11,17,21-23H,12-16H2,1-2H3;1-5H;1H3,(H,3,4)/t22?,23-;;/m0../s1. The number of aliphatic carboxylic acids is 1. The summed E-state index contributed by atoms with van der Waals surface area (Å²) in [4.78, 5) is 23.9. The summed E-state index contributed by atoms with van der Waals surface area (Å²) < 4.78 is 33.9. The Morgan fingerprint density at radius 3 is 1.93 bits per heavy atom. The maximum absolute atomic E-state index is 13.4. The van der Waals surface area contributed by atoms with E-state index < -0.39 is 16.0 Å². The summed E-state index contributed by atoms with van der Waals surface area (Å²) >= 11 is 11.6. The minimum Gasteiger partial charge on any atom is -0.481 e. The molecule has 3 aromatic carbocycles. The Morgan fingerprint density at radius 2 is 1.47 bits per heavy atom. The maximum Gasteiger partial charge on any atom is 0.300 e. The van der Waals surface area contributed by atoms with Crippen molar-refractivity contribution in [2.75, 3.05) is 24.1 Å². The highest BCUT2D eigenvalue weighted by Gasteiger charge is 2.44. The molecular formula is C32H38Cl2N2O6S. The van der Waals surface area contributed by atoms with Crippen molar-refractivity contribution in [1.29, 1.82) is 0 Å². The Kier molecular flexibility index (Phi) is 12.9. The molecule has 1 aliphatic heterocycles. The first-order valence-electron chi connectivity index (χ1n) is 14.0. The van der Waals surface area contributed by atoms with Gasteiger partial charge >= 0.3 is 0 Å². The third-order valence-corrected chi connectivity index (χ3v) is 9.68. The second kappa shape index (κ2) is 16.1. The van der Waals surface area contributed by atoms with Gasteiger partial charge in [0.1, 0.15) is 6.61 Å². The zero-order chi connectivity index (χ0) is 31.6. The van der Waals surface area contributed by atoms with Crippen LogP contribution in [-0.4, -0.2) is 61.4 Å². The van der Waals surface area contributed by atoms with E-state index in [9.17, 15) is 13.2 Å². The van der Waals surface area contributed by atoms with E-state index in [0.29, 0.717) is 30.2 Å². The van der Waals surface area contributed by atoms with Gasteiger partial charge in [0.25, 0.3) is 5.97 Å². The zero-order valence-corrected chi connectivity index (χ0v) is 26.8. The number of rotatable bonds is 8. The van der Waals surface area contributed by atoms with E-state index in [1.165, 1.54) is 4.31 Å². The Balaban J connectivity index is 0.000000388. The lowest BCUT2D eigenvalue weighted by atomic mass is 9.96. The number of hydrogen-bond donors (Lipinski definition) is 1. The van der Waals surface area contributed by atoms with Crippen LogP contribution in [0.25, 0.3) is 0 Å². The molecule has 0 aromatic heterocycles. The molecule has 232 valence electrons. The van der Waals surface area contributed by atoms with Gasteiger partial charge in [-0.2, -0.15) is 0 Å². The highest BCUT2D eigenvalue weighted by atomic mass is 35.5. The average Bonchev–Trinajstić information content (AvgIpc) is 3.82. The molecule has 3 aromatic rings. The summed E-state index contributed by atoms with van der Waals surface area (Å²) in [6, 6.07) is 25.4. The molecule has 2 fully saturated rings. The Labute approximate surface area is 264 Å². The van der Waals surface area contributed by atoms with Crippen molar-refractivity contribution in [3.8, 4) is 0 Å².